The summed E-state index contributed by atoms with van der Waals surface area (Å²) in [4.78, 5) is 12.0. The molecule has 0 radical (unpaired) electrons. The lowest BCUT2D eigenvalue weighted by molar-refractivity contribution is -0.125. The third-order valence-electron chi connectivity index (χ3n) is 4.28. The molecule has 2 aliphatic rings. The van der Waals surface area contributed by atoms with Gasteiger partial charge in [-0.15, -0.1) is 0 Å². The SMILES string of the molecule is CC1CCCC(CNC(=O)[C@@H]2CCCNC2)C1. The first-order valence-corrected chi connectivity index (χ1v) is 7.24. The second kappa shape index (κ2) is 6.39. The number of hydrogen-bond acceptors (Lipinski definition) is 2. The van der Waals surface area contributed by atoms with E-state index in [2.05, 4.69) is 17.6 Å². The second-order valence-electron chi connectivity index (χ2n) is 5.93. The van der Waals surface area contributed by atoms with Gasteiger partial charge in [-0.1, -0.05) is 19.8 Å². The van der Waals surface area contributed by atoms with Crippen molar-refractivity contribution in [2.75, 3.05) is 19.6 Å². The number of carbonyl (C=O) groups excluding carboxylic acids is 1. The molecule has 98 valence electrons. The van der Waals surface area contributed by atoms with Gasteiger partial charge in [0.2, 0.25) is 5.91 Å². The smallest absolute Gasteiger partial charge is 0.224 e. The summed E-state index contributed by atoms with van der Waals surface area (Å²) in [7, 11) is 0. The first-order chi connectivity index (χ1) is 8.25. The molecule has 0 bridgehead atoms. The van der Waals surface area contributed by atoms with E-state index in [1.54, 1.807) is 0 Å². The minimum absolute atomic E-state index is 0.213. The lowest BCUT2D eigenvalue weighted by Crippen LogP contribution is -2.42. The van der Waals surface area contributed by atoms with E-state index in [1.165, 1.54) is 25.7 Å². The molecule has 1 amide bonds. The van der Waals surface area contributed by atoms with Gasteiger partial charge in [0.15, 0.2) is 0 Å². The van der Waals surface area contributed by atoms with Crippen molar-refractivity contribution in [3.63, 3.8) is 0 Å². The molecule has 0 aromatic rings. The van der Waals surface area contributed by atoms with E-state index in [-0.39, 0.29) is 11.8 Å². The van der Waals surface area contributed by atoms with Gasteiger partial charge in [-0.05, 0) is 44.1 Å². The van der Waals surface area contributed by atoms with E-state index in [4.69, 9.17) is 0 Å². The van der Waals surface area contributed by atoms with Crippen LogP contribution in [0, 0.1) is 17.8 Å². The minimum atomic E-state index is 0.213. The maximum atomic E-state index is 12.0. The van der Waals surface area contributed by atoms with Crippen LogP contribution in [0.15, 0.2) is 0 Å². The van der Waals surface area contributed by atoms with Gasteiger partial charge < -0.3 is 10.6 Å². The largest absolute Gasteiger partial charge is 0.356 e. The highest BCUT2D eigenvalue weighted by atomic mass is 16.1. The molecule has 2 unspecified atom stereocenters. The first kappa shape index (κ1) is 12.9. The van der Waals surface area contributed by atoms with E-state index in [1.807, 2.05) is 0 Å². The maximum Gasteiger partial charge on any atom is 0.224 e. The normalized spacial score (nSPS) is 34.3. The summed E-state index contributed by atoms with van der Waals surface area (Å²) in [5, 5.41) is 6.46. The van der Waals surface area contributed by atoms with Crippen LogP contribution in [0.5, 0.6) is 0 Å². The Morgan fingerprint density at radius 3 is 2.88 bits per heavy atom. The monoisotopic (exact) mass is 238 g/mol. The molecule has 3 heteroatoms. The van der Waals surface area contributed by atoms with Crippen molar-refractivity contribution < 1.29 is 4.79 Å². The number of nitrogens with one attached hydrogen (secondary N) is 2. The zero-order chi connectivity index (χ0) is 12.1. The van der Waals surface area contributed by atoms with Gasteiger partial charge in [0.25, 0.3) is 0 Å². The van der Waals surface area contributed by atoms with Crippen LogP contribution in [0.25, 0.3) is 0 Å². The lowest BCUT2D eigenvalue weighted by atomic mass is 9.82. The van der Waals surface area contributed by atoms with Gasteiger partial charge in [-0.3, -0.25) is 4.79 Å². The zero-order valence-electron chi connectivity index (χ0n) is 11.0. The summed E-state index contributed by atoms with van der Waals surface area (Å²) in [6.45, 7) is 5.18. The molecule has 1 saturated carbocycles. The summed E-state index contributed by atoms with van der Waals surface area (Å²) in [5.74, 6) is 2.06. The summed E-state index contributed by atoms with van der Waals surface area (Å²) < 4.78 is 0. The molecule has 1 aliphatic carbocycles. The minimum Gasteiger partial charge on any atom is -0.356 e. The molecule has 0 aromatic carbocycles. The maximum absolute atomic E-state index is 12.0. The Morgan fingerprint density at radius 1 is 1.29 bits per heavy atom. The van der Waals surface area contributed by atoms with Crippen molar-refractivity contribution in [2.45, 2.75) is 45.4 Å². The summed E-state index contributed by atoms with van der Waals surface area (Å²) in [5.41, 5.74) is 0. The van der Waals surface area contributed by atoms with E-state index in [9.17, 15) is 4.79 Å². The molecule has 17 heavy (non-hydrogen) atoms. The van der Waals surface area contributed by atoms with Crippen LogP contribution < -0.4 is 10.6 Å². The van der Waals surface area contributed by atoms with Crippen LogP contribution in [0.1, 0.15) is 45.4 Å². The molecule has 1 heterocycles. The number of carbonyl (C=O) groups is 1. The molecule has 0 aromatic heterocycles. The molecular weight excluding hydrogens is 212 g/mol. The Bertz CT molecular complexity index is 249. The van der Waals surface area contributed by atoms with Crippen LogP contribution in [0.3, 0.4) is 0 Å². The molecule has 2 fully saturated rings. The summed E-state index contributed by atoms with van der Waals surface area (Å²) in [6, 6.07) is 0. The quantitative estimate of drug-likeness (QED) is 0.789. The Kier molecular flexibility index (Phi) is 4.84. The van der Waals surface area contributed by atoms with Crippen molar-refractivity contribution in [3.8, 4) is 0 Å². The fourth-order valence-corrected chi connectivity index (χ4v) is 3.21. The van der Waals surface area contributed by atoms with E-state index >= 15 is 0 Å². The Hall–Kier alpha value is -0.570. The van der Waals surface area contributed by atoms with Gasteiger partial charge in [-0.2, -0.15) is 0 Å². The number of amides is 1. The number of rotatable bonds is 3. The van der Waals surface area contributed by atoms with Crippen molar-refractivity contribution in [1.29, 1.82) is 0 Å². The average Bonchev–Trinajstić information content (AvgIpc) is 2.37. The Balaban J connectivity index is 1.68. The number of hydrogen-bond donors (Lipinski definition) is 2. The van der Waals surface area contributed by atoms with Gasteiger partial charge in [0.1, 0.15) is 0 Å². The fraction of sp³-hybridized carbons (Fsp3) is 0.929. The van der Waals surface area contributed by atoms with Crippen molar-refractivity contribution in [3.05, 3.63) is 0 Å². The molecule has 2 N–H and O–H groups in total. The predicted octanol–water partition coefficient (Wildman–Crippen LogP) is 1.93. The molecule has 3 nitrogen and oxygen atoms in total. The highest BCUT2D eigenvalue weighted by molar-refractivity contribution is 5.78. The summed E-state index contributed by atoms with van der Waals surface area (Å²) in [6.07, 6.45) is 7.50. The molecule has 1 saturated heterocycles. The third kappa shape index (κ3) is 3.98. The fourth-order valence-electron chi connectivity index (χ4n) is 3.21. The van der Waals surface area contributed by atoms with Gasteiger partial charge in [-0.25, -0.2) is 0 Å². The van der Waals surface area contributed by atoms with E-state index < -0.39 is 0 Å². The van der Waals surface area contributed by atoms with Crippen LogP contribution >= 0.6 is 0 Å². The van der Waals surface area contributed by atoms with Crippen molar-refractivity contribution in [1.82, 2.24) is 10.6 Å². The second-order valence-corrected chi connectivity index (χ2v) is 5.93. The van der Waals surface area contributed by atoms with Crippen molar-refractivity contribution in [2.24, 2.45) is 17.8 Å². The molecule has 1 aliphatic heterocycles. The number of piperidine rings is 1. The molecular formula is C14H26N2O. The highest BCUT2D eigenvalue weighted by Gasteiger charge is 2.23. The first-order valence-electron chi connectivity index (χ1n) is 7.24. The van der Waals surface area contributed by atoms with E-state index in [0.29, 0.717) is 0 Å². The molecule has 3 atom stereocenters. The standard InChI is InChI=1S/C14H26N2O/c1-11-4-2-5-12(8-11)9-16-14(17)13-6-3-7-15-10-13/h11-13,15H,2-10H2,1H3,(H,16,17)/t11?,12?,13-/m1/s1. The zero-order valence-corrected chi connectivity index (χ0v) is 11.0. The van der Waals surface area contributed by atoms with Crippen LogP contribution in [0.4, 0.5) is 0 Å². The predicted molar refractivity (Wildman–Crippen MR) is 69.7 cm³/mol. The Morgan fingerprint density at radius 2 is 2.18 bits per heavy atom. The van der Waals surface area contributed by atoms with Crippen molar-refractivity contribution >= 4 is 5.91 Å². The Labute approximate surface area is 105 Å². The molecule has 0 spiro atoms. The van der Waals surface area contributed by atoms with Crippen LogP contribution in [0.2, 0.25) is 0 Å². The average molecular weight is 238 g/mol. The third-order valence-corrected chi connectivity index (χ3v) is 4.28. The molecule has 2 rings (SSSR count). The van der Waals surface area contributed by atoms with Gasteiger partial charge in [0, 0.05) is 13.1 Å². The topological polar surface area (TPSA) is 41.1 Å². The van der Waals surface area contributed by atoms with Crippen LogP contribution in [-0.2, 0) is 4.79 Å². The lowest BCUT2D eigenvalue weighted by Gasteiger charge is -2.28. The van der Waals surface area contributed by atoms with Gasteiger partial charge in [0.05, 0.1) is 5.92 Å². The van der Waals surface area contributed by atoms with Gasteiger partial charge >= 0.3 is 0 Å². The van der Waals surface area contributed by atoms with E-state index in [0.717, 1.165) is 44.3 Å². The van der Waals surface area contributed by atoms with Crippen LogP contribution in [-0.4, -0.2) is 25.5 Å². The summed E-state index contributed by atoms with van der Waals surface area (Å²) >= 11 is 0. The highest BCUT2D eigenvalue weighted by Crippen LogP contribution is 2.28.